The molecule has 7 heteroatoms. The molecule has 7 nitrogen and oxygen atoms in total. The van der Waals surface area contributed by atoms with Gasteiger partial charge in [0.25, 0.3) is 5.91 Å². The quantitative estimate of drug-likeness (QED) is 0.551. The third kappa shape index (κ3) is 5.62. The van der Waals surface area contributed by atoms with E-state index in [4.69, 9.17) is 9.47 Å². The molecule has 36 heavy (non-hydrogen) atoms. The molecule has 2 saturated carbocycles. The predicted octanol–water partition coefficient (Wildman–Crippen LogP) is 4.31. The van der Waals surface area contributed by atoms with E-state index >= 15 is 0 Å². The molecule has 2 N–H and O–H groups in total. The maximum atomic E-state index is 13.1. The molecule has 2 aliphatic heterocycles. The number of amides is 2. The standard InChI is InChI=1S/C29H41N3O4/c1-19-8-15-26(28(33)31-19)32-18-21-16-23(13-14-24(21)29(32)34)36-27-7-5-3-4-6-25(27)30-17-20-9-11-22(35-2)12-10-20/h13-14,16,20,22,25-27,30H,1,3-12,15,17-18H2,2H3,(H,31,33)/t20?,22?,25-,26?,27+/m1/s1. The van der Waals surface area contributed by atoms with Gasteiger partial charge in [0.2, 0.25) is 5.91 Å². The van der Waals surface area contributed by atoms with Gasteiger partial charge in [-0.05, 0) is 94.0 Å². The van der Waals surface area contributed by atoms with Crippen LogP contribution in [0.3, 0.4) is 0 Å². The van der Waals surface area contributed by atoms with Crippen molar-refractivity contribution in [3.05, 3.63) is 41.6 Å². The van der Waals surface area contributed by atoms with Crippen molar-refractivity contribution >= 4 is 11.8 Å². The number of hydrogen-bond donors (Lipinski definition) is 2. The van der Waals surface area contributed by atoms with Crippen molar-refractivity contribution in [2.45, 2.75) is 101 Å². The Morgan fingerprint density at radius 2 is 1.86 bits per heavy atom. The van der Waals surface area contributed by atoms with E-state index in [1.165, 1.54) is 32.1 Å². The molecule has 0 radical (unpaired) electrons. The average molecular weight is 496 g/mol. The van der Waals surface area contributed by atoms with Crippen molar-refractivity contribution in [2.75, 3.05) is 13.7 Å². The number of fused-ring (bicyclic) bond motifs is 1. The lowest BCUT2D eigenvalue weighted by Gasteiger charge is -2.32. The number of nitrogens with one attached hydrogen (secondary N) is 2. The minimum absolute atomic E-state index is 0.0681. The molecule has 0 bridgehead atoms. The molecule has 1 aromatic carbocycles. The summed E-state index contributed by atoms with van der Waals surface area (Å²) in [6.45, 7) is 5.34. The summed E-state index contributed by atoms with van der Waals surface area (Å²) in [7, 11) is 1.83. The van der Waals surface area contributed by atoms with Gasteiger partial charge in [-0.2, -0.15) is 0 Å². The van der Waals surface area contributed by atoms with Crippen LogP contribution < -0.4 is 15.4 Å². The fourth-order valence-corrected chi connectivity index (χ4v) is 6.42. The van der Waals surface area contributed by atoms with E-state index in [1.807, 2.05) is 25.3 Å². The molecule has 1 saturated heterocycles. The maximum Gasteiger partial charge on any atom is 0.255 e. The Morgan fingerprint density at radius 1 is 1.06 bits per heavy atom. The lowest BCUT2D eigenvalue weighted by Crippen LogP contribution is -2.49. The number of piperidine rings is 1. The molecule has 0 spiro atoms. The summed E-state index contributed by atoms with van der Waals surface area (Å²) < 4.78 is 12.1. The summed E-state index contributed by atoms with van der Waals surface area (Å²) in [5.41, 5.74) is 2.36. The van der Waals surface area contributed by atoms with Crippen molar-refractivity contribution < 1.29 is 19.1 Å². The number of carbonyl (C=O) groups excluding carboxylic acids is 2. The highest BCUT2D eigenvalue weighted by molar-refractivity contribution is 6.01. The zero-order valence-corrected chi connectivity index (χ0v) is 21.6. The molecule has 0 aromatic heterocycles. The zero-order valence-electron chi connectivity index (χ0n) is 21.6. The van der Waals surface area contributed by atoms with Gasteiger partial charge in [0.05, 0.1) is 6.10 Å². The molecule has 3 atom stereocenters. The number of ether oxygens (including phenoxy) is 2. The predicted molar refractivity (Wildman–Crippen MR) is 139 cm³/mol. The normalized spacial score (nSPS) is 31.1. The first-order valence-electron chi connectivity index (χ1n) is 13.9. The van der Waals surface area contributed by atoms with Gasteiger partial charge in [-0.15, -0.1) is 0 Å². The Labute approximate surface area is 215 Å². The summed E-state index contributed by atoms with van der Waals surface area (Å²) in [6, 6.07) is 5.73. The first kappa shape index (κ1) is 25.3. The van der Waals surface area contributed by atoms with Crippen molar-refractivity contribution in [2.24, 2.45) is 5.92 Å². The topological polar surface area (TPSA) is 79.9 Å². The smallest absolute Gasteiger partial charge is 0.255 e. The first-order valence-corrected chi connectivity index (χ1v) is 13.9. The van der Waals surface area contributed by atoms with Crippen LogP contribution in [0.15, 0.2) is 30.5 Å². The minimum Gasteiger partial charge on any atom is -0.489 e. The molecule has 1 aromatic rings. The average Bonchev–Trinajstić information content (AvgIpc) is 3.04. The first-order chi connectivity index (χ1) is 17.5. The van der Waals surface area contributed by atoms with Gasteiger partial charge in [-0.1, -0.05) is 19.4 Å². The van der Waals surface area contributed by atoms with Crippen LogP contribution in [0.2, 0.25) is 0 Å². The van der Waals surface area contributed by atoms with Gasteiger partial charge in [-0.25, -0.2) is 0 Å². The van der Waals surface area contributed by atoms with Crippen LogP contribution in [0.4, 0.5) is 0 Å². The van der Waals surface area contributed by atoms with E-state index in [0.717, 1.165) is 49.2 Å². The van der Waals surface area contributed by atoms with Crippen molar-refractivity contribution in [1.29, 1.82) is 0 Å². The van der Waals surface area contributed by atoms with Crippen LogP contribution in [0.5, 0.6) is 5.75 Å². The second kappa shape index (κ2) is 11.3. The van der Waals surface area contributed by atoms with Crippen LogP contribution in [-0.2, 0) is 16.1 Å². The molecule has 5 rings (SSSR count). The van der Waals surface area contributed by atoms with Crippen LogP contribution in [-0.4, -0.2) is 54.7 Å². The molecule has 196 valence electrons. The van der Waals surface area contributed by atoms with Gasteiger partial charge in [-0.3, -0.25) is 9.59 Å². The summed E-state index contributed by atoms with van der Waals surface area (Å²) in [5, 5.41) is 6.68. The molecule has 2 amide bonds. The van der Waals surface area contributed by atoms with E-state index < -0.39 is 6.04 Å². The number of nitrogens with zero attached hydrogens (tertiary/aromatic N) is 1. The molecule has 4 aliphatic rings. The van der Waals surface area contributed by atoms with Crippen molar-refractivity contribution in [3.63, 3.8) is 0 Å². The Bertz CT molecular complexity index is 971. The Morgan fingerprint density at radius 3 is 2.64 bits per heavy atom. The Balaban J connectivity index is 1.21. The summed E-state index contributed by atoms with van der Waals surface area (Å²) in [6.07, 6.45) is 12.5. The van der Waals surface area contributed by atoms with Crippen LogP contribution in [0.1, 0.15) is 86.6 Å². The van der Waals surface area contributed by atoms with E-state index in [2.05, 4.69) is 17.2 Å². The Hall–Kier alpha value is -2.38. The highest BCUT2D eigenvalue weighted by Gasteiger charge is 2.38. The molecule has 3 fully saturated rings. The molecule has 2 aliphatic carbocycles. The molecule has 1 unspecified atom stereocenters. The van der Waals surface area contributed by atoms with Gasteiger partial charge in [0.15, 0.2) is 0 Å². The maximum absolute atomic E-state index is 13.1. The van der Waals surface area contributed by atoms with Gasteiger partial charge in [0.1, 0.15) is 17.9 Å². The monoisotopic (exact) mass is 495 g/mol. The Kier molecular flexibility index (Phi) is 7.96. The second-order valence-corrected chi connectivity index (χ2v) is 11.1. The van der Waals surface area contributed by atoms with E-state index in [1.54, 1.807) is 4.90 Å². The van der Waals surface area contributed by atoms with Crippen LogP contribution in [0.25, 0.3) is 0 Å². The number of allylic oxidation sites excluding steroid dienone is 1. The number of benzene rings is 1. The highest BCUT2D eigenvalue weighted by Crippen LogP contribution is 2.32. The summed E-state index contributed by atoms with van der Waals surface area (Å²) in [4.78, 5) is 27.3. The van der Waals surface area contributed by atoms with E-state index in [-0.39, 0.29) is 17.9 Å². The van der Waals surface area contributed by atoms with Crippen molar-refractivity contribution in [1.82, 2.24) is 15.5 Å². The highest BCUT2D eigenvalue weighted by atomic mass is 16.5. The summed E-state index contributed by atoms with van der Waals surface area (Å²) >= 11 is 0. The third-order valence-electron chi connectivity index (χ3n) is 8.64. The fourth-order valence-electron chi connectivity index (χ4n) is 6.42. The van der Waals surface area contributed by atoms with Crippen molar-refractivity contribution in [3.8, 4) is 5.75 Å². The number of carbonyl (C=O) groups is 2. The SMILES string of the molecule is C=C1CCC(N2Cc3cc(O[C@H]4CCCCC[C@H]4NCC4CCC(OC)CC4)ccc3C2=O)C(=O)N1. The second-order valence-electron chi connectivity index (χ2n) is 11.1. The van der Waals surface area contributed by atoms with Crippen LogP contribution >= 0.6 is 0 Å². The largest absolute Gasteiger partial charge is 0.489 e. The molecular weight excluding hydrogens is 454 g/mol. The van der Waals surface area contributed by atoms with Gasteiger partial charge in [0, 0.05) is 31.0 Å². The zero-order chi connectivity index (χ0) is 25.1. The number of methoxy groups -OCH3 is 1. The number of rotatable bonds is 7. The van der Waals surface area contributed by atoms with Gasteiger partial charge >= 0.3 is 0 Å². The molecule has 2 heterocycles. The third-order valence-corrected chi connectivity index (χ3v) is 8.64. The summed E-state index contributed by atoms with van der Waals surface area (Å²) in [5.74, 6) is 1.34. The van der Waals surface area contributed by atoms with E-state index in [9.17, 15) is 9.59 Å². The lowest BCUT2D eigenvalue weighted by molar-refractivity contribution is -0.126. The fraction of sp³-hybridized carbons (Fsp3) is 0.655. The van der Waals surface area contributed by atoms with E-state index in [0.29, 0.717) is 43.0 Å². The van der Waals surface area contributed by atoms with Gasteiger partial charge < -0.3 is 25.0 Å². The minimum atomic E-state index is -0.436. The number of hydrogen-bond acceptors (Lipinski definition) is 5. The molecular formula is C29H41N3O4. The van der Waals surface area contributed by atoms with Crippen LogP contribution in [0, 0.1) is 5.92 Å². The lowest BCUT2D eigenvalue weighted by atomic mass is 9.87.